The van der Waals surface area contributed by atoms with Crippen LogP contribution in [0.5, 0.6) is 0 Å². The van der Waals surface area contributed by atoms with E-state index in [0.717, 1.165) is 37.1 Å². The number of nitrogens with one attached hydrogen (secondary N) is 2. The lowest BCUT2D eigenvalue weighted by Gasteiger charge is -2.09. The summed E-state index contributed by atoms with van der Waals surface area (Å²) < 4.78 is 39.8. The highest BCUT2D eigenvalue weighted by molar-refractivity contribution is 6.06. The molecule has 2 amide bonds. The van der Waals surface area contributed by atoms with Crippen LogP contribution in [0.3, 0.4) is 0 Å². The van der Waals surface area contributed by atoms with E-state index in [-0.39, 0.29) is 22.9 Å². The molecule has 0 atom stereocenters. The molecule has 1 fully saturated rings. The number of amides is 2. The molecule has 4 nitrogen and oxygen atoms in total. The Morgan fingerprint density at radius 3 is 2.25 bits per heavy atom. The second-order valence-electron chi connectivity index (χ2n) is 5.53. The summed E-state index contributed by atoms with van der Waals surface area (Å²) in [6, 6.07) is 6.31. The van der Waals surface area contributed by atoms with Crippen molar-refractivity contribution < 1.29 is 22.8 Å². The number of carbonyl (C=O) groups excluding carboxylic acids is 2. The van der Waals surface area contributed by atoms with Gasteiger partial charge in [-0.1, -0.05) is 0 Å². The van der Waals surface area contributed by atoms with Gasteiger partial charge >= 0.3 is 0 Å². The summed E-state index contributed by atoms with van der Waals surface area (Å²) in [5.41, 5.74) is -0.158. The van der Waals surface area contributed by atoms with Gasteiger partial charge in [-0.15, -0.1) is 0 Å². The van der Waals surface area contributed by atoms with Crippen molar-refractivity contribution in [3.8, 4) is 0 Å². The van der Waals surface area contributed by atoms with Crippen LogP contribution in [0.1, 0.15) is 33.6 Å². The molecule has 0 heterocycles. The van der Waals surface area contributed by atoms with Gasteiger partial charge in [0.1, 0.15) is 5.82 Å². The van der Waals surface area contributed by atoms with Crippen LogP contribution in [-0.2, 0) is 0 Å². The van der Waals surface area contributed by atoms with Crippen LogP contribution in [-0.4, -0.2) is 17.9 Å². The number of rotatable bonds is 4. The van der Waals surface area contributed by atoms with Crippen LogP contribution in [0.25, 0.3) is 0 Å². The number of carbonyl (C=O) groups is 2. The van der Waals surface area contributed by atoms with E-state index in [1.54, 1.807) is 0 Å². The molecule has 1 aliphatic carbocycles. The quantitative estimate of drug-likeness (QED) is 0.902. The van der Waals surface area contributed by atoms with Crippen molar-refractivity contribution in [3.63, 3.8) is 0 Å². The average molecular weight is 334 g/mol. The van der Waals surface area contributed by atoms with Crippen molar-refractivity contribution >= 4 is 17.5 Å². The first-order valence-corrected chi connectivity index (χ1v) is 7.31. The molecule has 7 heteroatoms. The van der Waals surface area contributed by atoms with Crippen LogP contribution in [0.2, 0.25) is 0 Å². The van der Waals surface area contributed by atoms with Crippen LogP contribution in [0, 0.1) is 17.5 Å². The summed E-state index contributed by atoms with van der Waals surface area (Å²) in [4.78, 5) is 24.1. The largest absolute Gasteiger partial charge is 0.349 e. The number of benzene rings is 2. The minimum atomic E-state index is -1.10. The smallest absolute Gasteiger partial charge is 0.255 e. The van der Waals surface area contributed by atoms with Crippen LogP contribution < -0.4 is 10.6 Å². The standard InChI is InChI=1S/C17H13F3N2O2/c18-13-5-1-9(7-12(13)17(24)21-10-2-3-10)16(23)22-11-4-6-14(19)15(20)8-11/h1,4-8,10H,2-3H2,(H,21,24)(H,22,23). The molecule has 3 rings (SSSR count). The Morgan fingerprint density at radius 1 is 0.875 bits per heavy atom. The van der Waals surface area contributed by atoms with Crippen molar-refractivity contribution in [1.29, 1.82) is 0 Å². The molecule has 0 aliphatic heterocycles. The fourth-order valence-electron chi connectivity index (χ4n) is 2.11. The zero-order valence-corrected chi connectivity index (χ0v) is 12.4. The van der Waals surface area contributed by atoms with E-state index in [1.165, 1.54) is 12.1 Å². The van der Waals surface area contributed by atoms with Gasteiger partial charge in [-0.25, -0.2) is 13.2 Å². The summed E-state index contributed by atoms with van der Waals surface area (Å²) in [6.07, 6.45) is 1.70. The Kier molecular flexibility index (Phi) is 4.24. The first-order chi connectivity index (χ1) is 11.4. The monoisotopic (exact) mass is 334 g/mol. The summed E-state index contributed by atoms with van der Waals surface area (Å²) >= 11 is 0. The van der Waals surface area contributed by atoms with E-state index >= 15 is 0 Å². The molecule has 2 aromatic rings. The molecule has 1 saturated carbocycles. The zero-order chi connectivity index (χ0) is 17.3. The topological polar surface area (TPSA) is 58.2 Å². The first-order valence-electron chi connectivity index (χ1n) is 7.31. The zero-order valence-electron chi connectivity index (χ0n) is 12.4. The van der Waals surface area contributed by atoms with Gasteiger partial charge in [-0.3, -0.25) is 9.59 Å². The maximum absolute atomic E-state index is 13.8. The molecule has 0 unspecified atom stereocenters. The maximum atomic E-state index is 13.8. The summed E-state index contributed by atoms with van der Waals surface area (Å²) in [6.45, 7) is 0. The molecule has 124 valence electrons. The fraction of sp³-hybridized carbons (Fsp3) is 0.176. The maximum Gasteiger partial charge on any atom is 0.255 e. The van der Waals surface area contributed by atoms with E-state index in [9.17, 15) is 22.8 Å². The van der Waals surface area contributed by atoms with E-state index < -0.39 is 29.3 Å². The highest BCUT2D eigenvalue weighted by Gasteiger charge is 2.25. The Morgan fingerprint density at radius 2 is 1.58 bits per heavy atom. The lowest BCUT2D eigenvalue weighted by Crippen LogP contribution is -2.26. The van der Waals surface area contributed by atoms with Gasteiger partial charge in [0.25, 0.3) is 11.8 Å². The van der Waals surface area contributed by atoms with Gasteiger partial charge in [0.05, 0.1) is 5.56 Å². The minimum absolute atomic E-state index is 0.0297. The summed E-state index contributed by atoms with van der Waals surface area (Å²) in [5.74, 6) is -4.12. The highest BCUT2D eigenvalue weighted by atomic mass is 19.2. The molecule has 0 spiro atoms. The fourth-order valence-corrected chi connectivity index (χ4v) is 2.11. The molecule has 2 N–H and O–H groups in total. The molecule has 1 aliphatic rings. The normalized spacial score (nSPS) is 13.5. The number of hydrogen-bond acceptors (Lipinski definition) is 2. The minimum Gasteiger partial charge on any atom is -0.349 e. The van der Waals surface area contributed by atoms with E-state index in [2.05, 4.69) is 10.6 Å². The second-order valence-corrected chi connectivity index (χ2v) is 5.53. The molecule has 24 heavy (non-hydrogen) atoms. The third-order valence-corrected chi connectivity index (χ3v) is 3.56. The Bertz CT molecular complexity index is 819. The summed E-state index contributed by atoms with van der Waals surface area (Å²) in [7, 11) is 0. The van der Waals surface area contributed by atoms with Crippen molar-refractivity contribution in [2.75, 3.05) is 5.32 Å². The van der Waals surface area contributed by atoms with Crippen LogP contribution in [0.15, 0.2) is 36.4 Å². The third-order valence-electron chi connectivity index (χ3n) is 3.56. The average Bonchev–Trinajstić information content (AvgIpc) is 3.35. The van der Waals surface area contributed by atoms with Gasteiger partial charge in [0.2, 0.25) is 0 Å². The van der Waals surface area contributed by atoms with Gasteiger partial charge in [-0.05, 0) is 43.2 Å². The Balaban J connectivity index is 1.78. The predicted molar refractivity (Wildman–Crippen MR) is 81.2 cm³/mol. The van der Waals surface area contributed by atoms with E-state index in [0.29, 0.717) is 0 Å². The number of hydrogen-bond donors (Lipinski definition) is 2. The van der Waals surface area contributed by atoms with Gasteiger partial charge in [0.15, 0.2) is 11.6 Å². The van der Waals surface area contributed by atoms with Crippen LogP contribution in [0.4, 0.5) is 18.9 Å². The molecule has 0 bridgehead atoms. The van der Waals surface area contributed by atoms with Gasteiger partial charge in [0, 0.05) is 23.4 Å². The Hall–Kier alpha value is -2.83. The predicted octanol–water partition coefficient (Wildman–Crippen LogP) is 3.25. The number of anilines is 1. The van der Waals surface area contributed by atoms with E-state index in [1.807, 2.05) is 0 Å². The highest BCUT2D eigenvalue weighted by Crippen LogP contribution is 2.21. The molecule has 0 radical (unpaired) electrons. The van der Waals surface area contributed by atoms with E-state index in [4.69, 9.17) is 0 Å². The van der Waals surface area contributed by atoms with Crippen molar-refractivity contribution in [2.45, 2.75) is 18.9 Å². The SMILES string of the molecule is O=C(Nc1ccc(F)c(F)c1)c1ccc(F)c(C(=O)NC2CC2)c1. The third kappa shape index (κ3) is 3.56. The van der Waals surface area contributed by atoms with Crippen molar-refractivity contribution in [1.82, 2.24) is 5.32 Å². The van der Waals surface area contributed by atoms with Crippen molar-refractivity contribution in [2.24, 2.45) is 0 Å². The molecule has 0 aromatic heterocycles. The lowest BCUT2D eigenvalue weighted by atomic mass is 10.1. The lowest BCUT2D eigenvalue weighted by molar-refractivity contribution is 0.0947. The first kappa shape index (κ1) is 16.0. The van der Waals surface area contributed by atoms with Crippen molar-refractivity contribution in [3.05, 3.63) is 65.0 Å². The number of halogens is 3. The van der Waals surface area contributed by atoms with Gasteiger partial charge < -0.3 is 10.6 Å². The molecular formula is C17H13F3N2O2. The molecule has 2 aromatic carbocycles. The second kappa shape index (κ2) is 6.35. The Labute approximate surface area is 135 Å². The summed E-state index contributed by atoms with van der Waals surface area (Å²) in [5, 5.41) is 5.00. The molecule has 0 saturated heterocycles. The molecular weight excluding hydrogens is 321 g/mol. The van der Waals surface area contributed by atoms with Gasteiger partial charge in [-0.2, -0.15) is 0 Å². The van der Waals surface area contributed by atoms with Crippen LogP contribution >= 0.6 is 0 Å².